The second-order valence-corrected chi connectivity index (χ2v) is 19.6. The van der Waals surface area contributed by atoms with Crippen molar-refractivity contribution < 1.29 is 0 Å². The number of hydrogen-bond donors (Lipinski definition) is 0. The van der Waals surface area contributed by atoms with Crippen molar-refractivity contribution in [1.82, 2.24) is 4.90 Å². The highest BCUT2D eigenvalue weighted by atomic mass is 15.1. The molecule has 0 heterocycles. The molecule has 4 aromatic carbocycles. The summed E-state index contributed by atoms with van der Waals surface area (Å²) in [6.45, 7) is 44.3. The van der Waals surface area contributed by atoms with Crippen LogP contribution in [0.25, 0.3) is 0 Å². The Labute approximate surface area is 391 Å². The normalized spacial score (nSPS) is 9.66. The molecule has 0 bridgehead atoms. The van der Waals surface area contributed by atoms with E-state index in [0.29, 0.717) is 37.1 Å². The summed E-state index contributed by atoms with van der Waals surface area (Å²) in [4.78, 5) is 6.32. The van der Waals surface area contributed by atoms with Crippen molar-refractivity contribution in [2.24, 2.45) is 0 Å². The van der Waals surface area contributed by atoms with Gasteiger partial charge in [0.2, 0.25) is 0 Å². The summed E-state index contributed by atoms with van der Waals surface area (Å²) in [6, 6.07) is 34.2. The predicted molar refractivity (Wildman–Crippen MR) is 300 cm³/mol. The van der Waals surface area contributed by atoms with E-state index in [1.165, 1.54) is 51.9 Å². The Hall–Kier alpha value is -3.37. The molecule has 0 aliphatic carbocycles. The largest absolute Gasteiger partial charge is 0.378 e. The fraction of sp³-hybridized carbons (Fsp3) is 0.571. The van der Waals surface area contributed by atoms with Crippen molar-refractivity contribution in [2.45, 2.75) is 167 Å². The number of rotatable bonds is 8. The quantitative estimate of drug-likeness (QED) is 0.164. The van der Waals surface area contributed by atoms with Gasteiger partial charge in [-0.15, -0.1) is 0 Å². The van der Waals surface area contributed by atoms with E-state index in [9.17, 15) is 0 Å². The molecule has 0 atom stereocenters. The lowest BCUT2D eigenvalue weighted by Gasteiger charge is -2.25. The van der Waals surface area contributed by atoms with Crippen molar-refractivity contribution >= 4 is 42.4 Å². The average Bonchev–Trinajstić information content (AvgIpc) is 3.18. The summed E-state index contributed by atoms with van der Waals surface area (Å²) in [5, 5.41) is 0. The summed E-state index contributed by atoms with van der Waals surface area (Å²) < 4.78 is 0. The van der Waals surface area contributed by atoms with Gasteiger partial charge in [0.1, 0.15) is 6.71 Å². The zero-order chi connectivity index (χ0) is 49.1. The van der Waals surface area contributed by atoms with Gasteiger partial charge in [-0.25, -0.2) is 0 Å². The molecule has 0 saturated heterocycles. The van der Waals surface area contributed by atoms with Crippen LogP contribution in [0.2, 0.25) is 47.8 Å². The first-order valence-corrected chi connectivity index (χ1v) is 24.1. The van der Waals surface area contributed by atoms with Crippen LogP contribution >= 0.6 is 0 Å². The zero-order valence-electron chi connectivity index (χ0n) is 46.0. The summed E-state index contributed by atoms with van der Waals surface area (Å²) >= 11 is 0. The molecule has 0 aliphatic rings. The van der Waals surface area contributed by atoms with E-state index in [1.54, 1.807) is 5.46 Å². The highest BCUT2D eigenvalue weighted by Crippen LogP contribution is 2.34. The molecule has 0 aromatic heterocycles. The smallest absolute Gasteiger partial charge is 0.170 e. The van der Waals surface area contributed by atoms with Gasteiger partial charge in [0, 0.05) is 39.6 Å². The maximum Gasteiger partial charge on any atom is 0.170 e. The minimum atomic E-state index is 0.584. The Morgan fingerprint density at radius 1 is 0.387 bits per heavy atom. The van der Waals surface area contributed by atoms with E-state index in [2.05, 4.69) is 228 Å². The highest BCUT2D eigenvalue weighted by Gasteiger charge is 2.17. The molecule has 0 N–H and O–H groups in total. The number of hydrogen-bond acceptors (Lipinski definition) is 3. The van der Waals surface area contributed by atoms with Crippen molar-refractivity contribution in [3.05, 3.63) is 119 Å². The van der Waals surface area contributed by atoms with E-state index in [0.717, 1.165) is 6.71 Å². The van der Waals surface area contributed by atoms with E-state index < -0.39 is 0 Å². The summed E-state index contributed by atoms with van der Waals surface area (Å²) in [7, 11) is 14.3. The molecule has 0 spiro atoms. The molecular weight excluding hydrogens is 747 g/mol. The Morgan fingerprint density at radius 2 is 0.661 bits per heavy atom. The van der Waals surface area contributed by atoms with E-state index in [1.807, 2.05) is 64.4 Å². The molecule has 4 aromatic rings. The summed E-state index contributed by atoms with van der Waals surface area (Å²) in [5.41, 5.74) is 11.6. The van der Waals surface area contributed by atoms with Gasteiger partial charge in [-0.3, -0.25) is 0 Å². The van der Waals surface area contributed by atoms with Crippen LogP contribution in [0.15, 0.2) is 97.1 Å². The predicted octanol–water partition coefficient (Wildman–Crippen LogP) is 15.7. The van der Waals surface area contributed by atoms with Gasteiger partial charge >= 0.3 is 0 Å². The number of anilines is 2. The lowest BCUT2D eigenvalue weighted by Crippen LogP contribution is -2.31. The highest BCUT2D eigenvalue weighted by molar-refractivity contribution is 6.71. The van der Waals surface area contributed by atoms with Crippen LogP contribution in [-0.2, 0) is 0 Å². The second-order valence-electron chi connectivity index (χ2n) is 19.6. The third-order valence-electron chi connectivity index (χ3n) is 8.52. The Kier molecular flexibility index (Phi) is 41.3. The summed E-state index contributed by atoms with van der Waals surface area (Å²) in [6.07, 6.45) is 2.50. The molecule has 4 rings (SSSR count). The average molecular weight is 850 g/mol. The lowest BCUT2D eigenvalue weighted by molar-refractivity contribution is 0.505. The maximum atomic E-state index is 2.30. The van der Waals surface area contributed by atoms with E-state index in [4.69, 9.17) is 0 Å². The monoisotopic (exact) mass is 850 g/mol. The van der Waals surface area contributed by atoms with Gasteiger partial charge in [-0.2, -0.15) is 0 Å². The van der Waals surface area contributed by atoms with Crippen molar-refractivity contribution in [3.63, 3.8) is 0 Å². The lowest BCUT2D eigenvalue weighted by atomic mass is 9.46. The van der Waals surface area contributed by atoms with Gasteiger partial charge in [0.05, 0.1) is 0 Å². The molecule has 0 amide bonds. The van der Waals surface area contributed by atoms with Crippen LogP contribution in [0.1, 0.15) is 142 Å². The van der Waals surface area contributed by atoms with Crippen LogP contribution in [0, 0.1) is 0 Å². The molecule has 62 heavy (non-hydrogen) atoms. The minimum Gasteiger partial charge on any atom is -0.378 e. The SMILES string of the molecule is CB(C)C.CB(C)c1c(C(C)C)cccc1C(C)C.CB(C)c1ccccc1.CC(C)c1cccc(C(C)C)c1N(C)C.CCC.CCC.CN(C)C.CN(C)c1ccccc1. The maximum absolute atomic E-state index is 2.30. The van der Waals surface area contributed by atoms with Crippen LogP contribution < -0.4 is 20.7 Å². The fourth-order valence-corrected chi connectivity index (χ4v) is 5.87. The summed E-state index contributed by atoms with van der Waals surface area (Å²) in [5.74, 6) is 2.42. The van der Waals surface area contributed by atoms with Crippen molar-refractivity contribution in [1.29, 1.82) is 0 Å². The topological polar surface area (TPSA) is 9.72 Å². The first-order chi connectivity index (χ1) is 28.8. The van der Waals surface area contributed by atoms with Crippen molar-refractivity contribution in [2.75, 3.05) is 59.1 Å². The van der Waals surface area contributed by atoms with E-state index >= 15 is 0 Å². The minimum absolute atomic E-state index is 0.584. The number of benzene rings is 4. The molecule has 0 radical (unpaired) electrons. The third-order valence-corrected chi connectivity index (χ3v) is 8.52. The first-order valence-electron chi connectivity index (χ1n) is 24.1. The molecule has 0 fully saturated rings. The van der Waals surface area contributed by atoms with Crippen LogP contribution in [-0.4, -0.2) is 74.4 Å². The zero-order valence-corrected chi connectivity index (χ0v) is 46.0. The van der Waals surface area contributed by atoms with Crippen LogP contribution in [0.4, 0.5) is 11.4 Å². The first kappa shape index (κ1) is 65.3. The second kappa shape index (κ2) is 39.2. The number of para-hydroxylation sites is 2. The molecular formula is C56H102B3N3. The molecule has 6 heteroatoms. The van der Waals surface area contributed by atoms with Gasteiger partial charge in [0.25, 0.3) is 0 Å². The Morgan fingerprint density at radius 3 is 0.855 bits per heavy atom. The van der Waals surface area contributed by atoms with Gasteiger partial charge < -0.3 is 14.7 Å². The van der Waals surface area contributed by atoms with Crippen molar-refractivity contribution in [3.8, 4) is 0 Å². The van der Waals surface area contributed by atoms with E-state index in [-0.39, 0.29) is 0 Å². The number of nitrogens with zero attached hydrogens (tertiary/aromatic N) is 3. The molecule has 350 valence electrons. The molecule has 0 aliphatic heterocycles. The Bertz CT molecular complexity index is 1390. The van der Waals surface area contributed by atoms with Crippen LogP contribution in [0.5, 0.6) is 0 Å². The van der Waals surface area contributed by atoms with Gasteiger partial charge in [-0.1, -0.05) is 251 Å². The van der Waals surface area contributed by atoms with Crippen LogP contribution in [0.3, 0.4) is 0 Å². The molecule has 3 nitrogen and oxygen atoms in total. The standard InChI is InChI=1S/C14H23B.C14H23N.C8H11B.C8H11N.C3H9B.C3H9N.2C3H8/c2*1-10(2)12-8-7-9-13(11(3)4)14(12)15(5)6;2*1-9(2)8-6-4-3-5-7-8;2*1-4(2)3;2*1-3-2/h2*7-11H,1-6H3;2*3-7H,1-2H3;2*1-3H3;2*3H2,1-2H3. The third kappa shape index (κ3) is 33.2. The Balaban J connectivity index is -0.000000333. The fourth-order valence-electron chi connectivity index (χ4n) is 5.87. The van der Waals surface area contributed by atoms with Gasteiger partial charge in [-0.05, 0) is 68.1 Å². The van der Waals surface area contributed by atoms with Gasteiger partial charge in [0.15, 0.2) is 13.4 Å². The molecule has 0 unspecified atom stereocenters. The molecule has 0 saturated carbocycles.